The maximum absolute atomic E-state index is 6.10. The molecule has 0 fully saturated rings. The number of para-hydroxylation sites is 1. The van der Waals surface area contributed by atoms with Crippen LogP contribution in [-0.4, -0.2) is 24.9 Å². The van der Waals surface area contributed by atoms with Crippen LogP contribution < -0.4 is 4.90 Å². The van der Waals surface area contributed by atoms with E-state index in [1.54, 1.807) is 24.8 Å². The summed E-state index contributed by atoms with van der Waals surface area (Å²) in [5.41, 5.74) is 12.1. The van der Waals surface area contributed by atoms with Crippen LogP contribution in [0.1, 0.15) is 0 Å². The minimum absolute atomic E-state index is 0.647. The van der Waals surface area contributed by atoms with Crippen LogP contribution >= 0.6 is 0 Å². The highest BCUT2D eigenvalue weighted by atomic mass is 16.3. The summed E-state index contributed by atoms with van der Waals surface area (Å²) in [6, 6.07) is 54.8. The Morgan fingerprint density at radius 2 is 0.929 bits per heavy atom. The maximum Gasteiger partial charge on any atom is 0.227 e. The summed E-state index contributed by atoms with van der Waals surface area (Å²) in [7, 11) is 0. The first-order chi connectivity index (χ1) is 27.7. The summed E-state index contributed by atoms with van der Waals surface area (Å²) in [5, 5.41) is 6.48. The quantitative estimate of drug-likeness (QED) is 0.169. The highest BCUT2D eigenvalue weighted by Gasteiger charge is 2.16. The van der Waals surface area contributed by atoms with E-state index in [-0.39, 0.29) is 0 Å². The van der Waals surface area contributed by atoms with Crippen LogP contribution in [0.25, 0.3) is 88.4 Å². The van der Waals surface area contributed by atoms with Crippen LogP contribution in [0.5, 0.6) is 0 Å². The molecule has 0 spiro atoms. The lowest BCUT2D eigenvalue weighted by Crippen LogP contribution is -2.10. The molecule has 5 aromatic carbocycles. The molecular weight excluding hydrogens is 689 g/mol. The Morgan fingerprint density at radius 3 is 1.61 bits per heavy atom. The van der Waals surface area contributed by atoms with Gasteiger partial charge in [0.15, 0.2) is 0 Å². The van der Waals surface area contributed by atoms with Gasteiger partial charge in [-0.05, 0) is 95.7 Å². The first kappa shape index (κ1) is 31.7. The van der Waals surface area contributed by atoms with Gasteiger partial charge >= 0.3 is 0 Å². The average molecular weight is 719 g/mol. The van der Waals surface area contributed by atoms with Gasteiger partial charge in [-0.1, -0.05) is 72.8 Å². The predicted octanol–water partition coefficient (Wildman–Crippen LogP) is 12.5. The van der Waals surface area contributed by atoms with Crippen molar-refractivity contribution < 1.29 is 4.42 Å². The molecule has 0 radical (unpaired) electrons. The Hall–Kier alpha value is -7.77. The summed E-state index contributed by atoms with van der Waals surface area (Å²) in [6.45, 7) is 0. The summed E-state index contributed by atoms with van der Waals surface area (Å²) < 4.78 is 6.10. The number of anilines is 3. The van der Waals surface area contributed by atoms with Crippen LogP contribution in [0.2, 0.25) is 0 Å². The van der Waals surface area contributed by atoms with Crippen molar-refractivity contribution in [1.29, 1.82) is 0 Å². The molecule has 0 bridgehead atoms. The normalized spacial score (nSPS) is 11.6. The predicted molar refractivity (Wildman–Crippen MR) is 226 cm³/mol. The Balaban J connectivity index is 0.969. The van der Waals surface area contributed by atoms with E-state index in [2.05, 4.69) is 142 Å². The molecule has 0 N–H and O–H groups in total. The Bertz CT molecular complexity index is 3140. The van der Waals surface area contributed by atoms with Crippen molar-refractivity contribution in [3.63, 3.8) is 0 Å². The maximum atomic E-state index is 6.10. The zero-order valence-corrected chi connectivity index (χ0v) is 29.9. The van der Waals surface area contributed by atoms with E-state index in [0.717, 1.165) is 99.8 Å². The van der Waals surface area contributed by atoms with Gasteiger partial charge in [0, 0.05) is 67.7 Å². The molecule has 0 aliphatic carbocycles. The van der Waals surface area contributed by atoms with Gasteiger partial charge in [-0.15, -0.1) is 0 Å². The SMILES string of the molecule is c1ccc2c(c1)oc1nc(-c3ccc4cc(N(c5ccc(-c6ccc7ccncc7n6)cc5)c5ccc(-c6ccc7ccncc7n6)cc5)ccc4c3)ccc12. The molecule has 7 nitrogen and oxygen atoms in total. The van der Waals surface area contributed by atoms with Crippen molar-refractivity contribution in [2.24, 2.45) is 0 Å². The van der Waals surface area contributed by atoms with Crippen molar-refractivity contribution in [2.45, 2.75) is 0 Å². The van der Waals surface area contributed by atoms with Gasteiger partial charge in [0.25, 0.3) is 0 Å². The minimum Gasteiger partial charge on any atom is -0.438 e. The summed E-state index contributed by atoms with van der Waals surface area (Å²) in [5.74, 6) is 0. The molecule has 11 rings (SSSR count). The number of rotatable bonds is 6. The van der Waals surface area contributed by atoms with E-state index in [0.29, 0.717) is 5.71 Å². The largest absolute Gasteiger partial charge is 0.438 e. The molecule has 0 atom stereocenters. The minimum atomic E-state index is 0.647. The average Bonchev–Trinajstić information content (AvgIpc) is 3.64. The third kappa shape index (κ3) is 5.58. The van der Waals surface area contributed by atoms with Crippen LogP contribution in [0.4, 0.5) is 17.1 Å². The van der Waals surface area contributed by atoms with Crippen LogP contribution in [-0.2, 0) is 0 Å². The van der Waals surface area contributed by atoms with Crippen molar-refractivity contribution in [3.8, 4) is 33.8 Å². The van der Waals surface area contributed by atoms with E-state index in [1.807, 2.05) is 30.3 Å². The molecule has 0 saturated carbocycles. The van der Waals surface area contributed by atoms with Crippen molar-refractivity contribution in [3.05, 3.63) is 183 Å². The fraction of sp³-hybridized carbons (Fsp3) is 0. The Kier molecular flexibility index (Phi) is 7.35. The van der Waals surface area contributed by atoms with Crippen molar-refractivity contribution in [2.75, 3.05) is 4.90 Å². The fourth-order valence-electron chi connectivity index (χ4n) is 7.56. The van der Waals surface area contributed by atoms with E-state index in [9.17, 15) is 0 Å². The van der Waals surface area contributed by atoms with Gasteiger partial charge in [0.1, 0.15) is 5.58 Å². The summed E-state index contributed by atoms with van der Waals surface area (Å²) in [6.07, 6.45) is 7.20. The molecule has 0 aliphatic rings. The first-order valence-electron chi connectivity index (χ1n) is 18.5. The van der Waals surface area contributed by atoms with Crippen LogP contribution in [0, 0.1) is 0 Å². The van der Waals surface area contributed by atoms with Gasteiger partial charge in [0.2, 0.25) is 5.71 Å². The second kappa shape index (κ2) is 13.0. The van der Waals surface area contributed by atoms with Crippen LogP contribution in [0.15, 0.2) is 187 Å². The monoisotopic (exact) mass is 718 g/mol. The van der Waals surface area contributed by atoms with Crippen molar-refractivity contribution in [1.82, 2.24) is 24.9 Å². The number of aromatic nitrogens is 5. The van der Waals surface area contributed by atoms with Gasteiger partial charge in [-0.2, -0.15) is 0 Å². The molecular formula is C49H30N6O. The van der Waals surface area contributed by atoms with E-state index >= 15 is 0 Å². The van der Waals surface area contributed by atoms with E-state index in [4.69, 9.17) is 19.4 Å². The second-order valence-corrected chi connectivity index (χ2v) is 13.9. The molecule has 6 aromatic heterocycles. The van der Waals surface area contributed by atoms with Crippen LogP contribution in [0.3, 0.4) is 0 Å². The lowest BCUT2D eigenvalue weighted by atomic mass is 10.0. The molecule has 6 heterocycles. The van der Waals surface area contributed by atoms with Crippen molar-refractivity contribution >= 4 is 71.7 Å². The van der Waals surface area contributed by atoms with Gasteiger partial charge in [-0.25, -0.2) is 15.0 Å². The molecule has 262 valence electrons. The van der Waals surface area contributed by atoms with Gasteiger partial charge in [-0.3, -0.25) is 9.97 Å². The lowest BCUT2D eigenvalue weighted by molar-refractivity contribution is 0.654. The summed E-state index contributed by atoms with van der Waals surface area (Å²) >= 11 is 0. The Morgan fingerprint density at radius 1 is 0.393 bits per heavy atom. The summed E-state index contributed by atoms with van der Waals surface area (Å²) in [4.78, 5) is 25.5. The number of hydrogen-bond acceptors (Lipinski definition) is 7. The number of hydrogen-bond donors (Lipinski definition) is 0. The molecule has 0 amide bonds. The molecule has 56 heavy (non-hydrogen) atoms. The molecule has 0 unspecified atom stereocenters. The van der Waals surface area contributed by atoms with Gasteiger partial charge < -0.3 is 9.32 Å². The zero-order valence-electron chi connectivity index (χ0n) is 29.9. The number of fused-ring (bicyclic) bond motifs is 6. The topological polar surface area (TPSA) is 80.8 Å². The second-order valence-electron chi connectivity index (χ2n) is 13.9. The molecule has 11 aromatic rings. The first-order valence-corrected chi connectivity index (χ1v) is 18.5. The smallest absolute Gasteiger partial charge is 0.227 e. The number of pyridine rings is 5. The lowest BCUT2D eigenvalue weighted by Gasteiger charge is -2.26. The Labute approximate surface area is 321 Å². The zero-order chi connectivity index (χ0) is 37.0. The molecule has 0 saturated heterocycles. The van der Waals surface area contributed by atoms with Gasteiger partial charge in [0.05, 0.1) is 40.5 Å². The standard InChI is InChI=1S/C49H30N6O/c1-2-4-48-41(3-1)42-19-22-45(54-49(42)56-48)37-6-5-36-28-40(18-11-35(36)27-37)55(38-14-7-31(8-15-38)43-20-12-33-23-25-50-29-46(33)52-43)39-16-9-32(10-17-39)44-21-13-34-24-26-51-30-47(34)53-44/h1-30H. The molecule has 0 aliphatic heterocycles. The van der Waals surface area contributed by atoms with E-state index in [1.165, 1.54) is 0 Å². The number of benzene rings is 5. The fourth-order valence-corrected chi connectivity index (χ4v) is 7.56. The van der Waals surface area contributed by atoms with E-state index < -0.39 is 0 Å². The third-order valence-corrected chi connectivity index (χ3v) is 10.5. The number of nitrogens with zero attached hydrogens (tertiary/aromatic N) is 6. The highest BCUT2D eigenvalue weighted by molar-refractivity contribution is 6.04. The number of furan rings is 1. The highest BCUT2D eigenvalue weighted by Crippen LogP contribution is 2.39. The molecule has 7 heteroatoms. The third-order valence-electron chi connectivity index (χ3n) is 10.5.